The van der Waals surface area contributed by atoms with E-state index < -0.39 is 50.8 Å². The molecule has 4 rings (SSSR count). The van der Waals surface area contributed by atoms with Gasteiger partial charge in [-0.3, -0.25) is 9.59 Å². The number of amides is 2. The van der Waals surface area contributed by atoms with E-state index in [9.17, 15) is 31.5 Å². The van der Waals surface area contributed by atoms with Crippen LogP contribution in [0.15, 0.2) is 53.4 Å². The molecule has 178 valence electrons. The van der Waals surface area contributed by atoms with Crippen LogP contribution in [0.25, 0.3) is 11.1 Å². The van der Waals surface area contributed by atoms with Gasteiger partial charge < -0.3 is 10.2 Å². The monoisotopic (exact) mass is 503 g/mol. The largest absolute Gasteiger partial charge is 0.446 e. The summed E-state index contributed by atoms with van der Waals surface area (Å²) < 4.78 is 68.5. The molecule has 0 spiro atoms. The molecule has 0 fully saturated rings. The number of alkyl halides is 3. The van der Waals surface area contributed by atoms with Crippen LogP contribution < -0.4 is 5.32 Å². The summed E-state index contributed by atoms with van der Waals surface area (Å²) in [5.74, 6) is -3.45. The predicted molar refractivity (Wildman–Crippen MR) is 119 cm³/mol. The molecule has 0 radical (unpaired) electrons. The highest BCUT2D eigenvalue weighted by molar-refractivity contribution is 8.00. The third-order valence-corrected chi connectivity index (χ3v) is 6.07. The molecule has 1 aliphatic rings. The number of nitrogens with one attached hydrogen (secondary N) is 1. The number of anilines is 1. The van der Waals surface area contributed by atoms with Crippen molar-refractivity contribution in [3.8, 4) is 17.2 Å². The van der Waals surface area contributed by atoms with Gasteiger partial charge in [-0.2, -0.15) is 18.4 Å². The number of nitriles is 1. The maximum Gasteiger partial charge on any atom is 0.446 e. The fourth-order valence-electron chi connectivity index (χ4n) is 3.71. The average Bonchev–Trinajstić information content (AvgIpc) is 3.05. The van der Waals surface area contributed by atoms with Gasteiger partial charge in [0.15, 0.2) is 0 Å². The van der Waals surface area contributed by atoms with Crippen molar-refractivity contribution < 1.29 is 31.5 Å². The Morgan fingerprint density at radius 2 is 1.77 bits per heavy atom. The van der Waals surface area contributed by atoms with E-state index in [0.717, 1.165) is 35.9 Å². The van der Waals surface area contributed by atoms with Crippen LogP contribution in [0.1, 0.15) is 31.8 Å². The lowest BCUT2D eigenvalue weighted by atomic mass is 9.99. The van der Waals surface area contributed by atoms with E-state index in [-0.39, 0.29) is 22.7 Å². The first kappa shape index (κ1) is 24.2. The number of hydrogen-bond donors (Lipinski definition) is 1. The van der Waals surface area contributed by atoms with Gasteiger partial charge in [0.2, 0.25) is 0 Å². The highest BCUT2D eigenvalue weighted by Crippen LogP contribution is 2.39. The number of halogens is 5. The molecule has 3 aromatic rings. The lowest BCUT2D eigenvalue weighted by molar-refractivity contribution is -0.0328. The van der Waals surface area contributed by atoms with Gasteiger partial charge in [0.05, 0.1) is 22.8 Å². The van der Waals surface area contributed by atoms with Crippen LogP contribution in [0.4, 0.5) is 27.6 Å². The lowest BCUT2D eigenvalue weighted by Gasteiger charge is -2.13. The molecule has 1 aliphatic heterocycles. The minimum Gasteiger partial charge on any atom is -0.337 e. The molecule has 0 unspecified atom stereocenters. The molecule has 3 aromatic carbocycles. The summed E-state index contributed by atoms with van der Waals surface area (Å²) in [7, 11) is 1.60. The molecule has 0 atom stereocenters. The first-order chi connectivity index (χ1) is 16.5. The molecule has 2 amide bonds. The molecule has 1 heterocycles. The zero-order chi connectivity index (χ0) is 25.5. The smallest absolute Gasteiger partial charge is 0.337 e. The number of hydrogen-bond acceptors (Lipinski definition) is 4. The Balaban J connectivity index is 1.65. The summed E-state index contributed by atoms with van der Waals surface area (Å²) in [6.45, 7) is 0.381. The Morgan fingerprint density at radius 3 is 2.40 bits per heavy atom. The summed E-state index contributed by atoms with van der Waals surface area (Å²) >= 11 is -0.548. The quantitative estimate of drug-likeness (QED) is 0.353. The van der Waals surface area contributed by atoms with E-state index in [0.29, 0.717) is 12.1 Å². The van der Waals surface area contributed by atoms with E-state index in [1.807, 2.05) is 0 Å². The molecule has 1 N–H and O–H groups in total. The number of carbonyl (C=O) groups excluding carboxylic acids is 2. The fourth-order valence-corrected chi connectivity index (χ4v) is 4.36. The topological polar surface area (TPSA) is 73.2 Å². The van der Waals surface area contributed by atoms with E-state index in [2.05, 4.69) is 5.32 Å². The fraction of sp³-hybridized carbons (Fsp3) is 0.125. The second kappa shape index (κ2) is 9.03. The van der Waals surface area contributed by atoms with Crippen LogP contribution in [0.3, 0.4) is 0 Å². The van der Waals surface area contributed by atoms with Gasteiger partial charge in [0.25, 0.3) is 11.8 Å². The SMILES string of the molecule is CN1Cc2ccc(-c3c(F)cc(NC(=O)c4cc(C#N)ccc4SC(F)(F)F)cc3F)cc2C1=O. The van der Waals surface area contributed by atoms with Crippen molar-refractivity contribution in [1.82, 2.24) is 4.90 Å². The molecule has 0 saturated heterocycles. The molecular formula is C24H14F5N3O2S. The highest BCUT2D eigenvalue weighted by atomic mass is 32.2. The van der Waals surface area contributed by atoms with E-state index in [4.69, 9.17) is 5.26 Å². The third kappa shape index (κ3) is 4.97. The van der Waals surface area contributed by atoms with Crippen molar-refractivity contribution in [2.75, 3.05) is 12.4 Å². The van der Waals surface area contributed by atoms with Crippen molar-refractivity contribution in [3.05, 3.63) is 82.4 Å². The van der Waals surface area contributed by atoms with Crippen LogP contribution >= 0.6 is 11.8 Å². The Hall–Kier alpha value is -3.91. The van der Waals surface area contributed by atoms with Crippen LogP contribution in [0, 0.1) is 23.0 Å². The summed E-state index contributed by atoms with van der Waals surface area (Å²) in [6.07, 6.45) is 0. The van der Waals surface area contributed by atoms with E-state index in [1.54, 1.807) is 19.2 Å². The maximum atomic E-state index is 14.9. The van der Waals surface area contributed by atoms with Gasteiger partial charge in [-0.25, -0.2) is 8.78 Å². The van der Waals surface area contributed by atoms with Crippen molar-refractivity contribution in [3.63, 3.8) is 0 Å². The standard InChI is InChI=1S/C24H14F5N3O2S/c1-32-11-14-4-3-13(7-16(14)23(32)34)21-18(25)8-15(9-19(21)26)31-22(33)17-6-12(10-30)2-5-20(17)35-24(27,28)29/h2-9H,11H2,1H3,(H,31,33). The molecular weight excluding hydrogens is 489 g/mol. The molecule has 11 heteroatoms. The first-order valence-electron chi connectivity index (χ1n) is 9.96. The number of thioether (sulfide) groups is 1. The summed E-state index contributed by atoms with van der Waals surface area (Å²) in [5, 5.41) is 11.2. The van der Waals surface area contributed by atoms with Crippen molar-refractivity contribution in [1.29, 1.82) is 5.26 Å². The van der Waals surface area contributed by atoms with Gasteiger partial charge in [0.1, 0.15) is 11.6 Å². The average molecular weight is 503 g/mol. The van der Waals surface area contributed by atoms with Gasteiger partial charge in [-0.05, 0) is 59.3 Å². The first-order valence-corrected chi connectivity index (χ1v) is 10.8. The summed E-state index contributed by atoms with van der Waals surface area (Å²) in [5.41, 5.74) is -4.83. The summed E-state index contributed by atoms with van der Waals surface area (Å²) in [6, 6.07) is 10.9. The number of benzene rings is 3. The Kier molecular flexibility index (Phi) is 6.25. The van der Waals surface area contributed by atoms with Crippen LogP contribution in [0.2, 0.25) is 0 Å². The molecule has 0 aliphatic carbocycles. The number of fused-ring (bicyclic) bond motifs is 1. The minimum absolute atomic E-state index is 0.0637. The van der Waals surface area contributed by atoms with Gasteiger partial charge in [-0.1, -0.05) is 12.1 Å². The zero-order valence-electron chi connectivity index (χ0n) is 17.8. The molecule has 0 bridgehead atoms. The van der Waals surface area contributed by atoms with Gasteiger partial charge >= 0.3 is 5.51 Å². The molecule has 35 heavy (non-hydrogen) atoms. The zero-order valence-corrected chi connectivity index (χ0v) is 18.7. The third-order valence-electron chi connectivity index (χ3n) is 5.26. The van der Waals surface area contributed by atoms with Crippen molar-refractivity contribution >= 4 is 29.3 Å². The minimum atomic E-state index is -4.70. The Morgan fingerprint density at radius 1 is 1.09 bits per heavy atom. The van der Waals surface area contributed by atoms with Gasteiger partial charge in [-0.15, -0.1) is 0 Å². The molecule has 0 aromatic heterocycles. The molecule has 5 nitrogen and oxygen atoms in total. The van der Waals surface area contributed by atoms with Crippen LogP contribution in [-0.4, -0.2) is 29.3 Å². The second-order valence-electron chi connectivity index (χ2n) is 7.67. The highest BCUT2D eigenvalue weighted by Gasteiger charge is 2.32. The van der Waals surface area contributed by atoms with Crippen LogP contribution in [0.5, 0.6) is 0 Å². The maximum absolute atomic E-state index is 14.9. The van der Waals surface area contributed by atoms with Crippen LogP contribution in [-0.2, 0) is 6.54 Å². The lowest BCUT2D eigenvalue weighted by Crippen LogP contribution is -2.17. The predicted octanol–water partition coefficient (Wildman–Crippen LogP) is 5.95. The van der Waals surface area contributed by atoms with Crippen molar-refractivity contribution in [2.24, 2.45) is 0 Å². The van der Waals surface area contributed by atoms with Gasteiger partial charge in [0, 0.05) is 29.7 Å². The van der Waals surface area contributed by atoms with Crippen molar-refractivity contribution in [2.45, 2.75) is 16.9 Å². The Bertz CT molecular complexity index is 1390. The van der Waals surface area contributed by atoms with E-state index in [1.165, 1.54) is 17.0 Å². The number of rotatable bonds is 4. The second-order valence-corrected chi connectivity index (χ2v) is 8.78. The Labute approximate surface area is 200 Å². The summed E-state index contributed by atoms with van der Waals surface area (Å²) in [4.78, 5) is 25.9. The van der Waals surface area contributed by atoms with E-state index >= 15 is 0 Å². The number of carbonyl (C=O) groups is 2. The molecule has 0 saturated carbocycles. The normalized spacial score (nSPS) is 12.9. The number of nitrogens with zero attached hydrogens (tertiary/aromatic N) is 2.